The molecule has 0 fully saturated rings. The Morgan fingerprint density at radius 3 is 1.31 bits per heavy atom. The topological polar surface area (TPSA) is 63.6 Å². The Kier molecular flexibility index (Phi) is 37.6. The van der Waals surface area contributed by atoms with Gasteiger partial charge in [0.2, 0.25) is 0 Å². The molecule has 0 heterocycles. The van der Waals surface area contributed by atoms with Crippen LogP contribution in [0.1, 0.15) is 213 Å². The Hall–Kier alpha value is -2.10. The maximum Gasteiger partial charge on any atom is 0.306 e. The van der Waals surface area contributed by atoms with Crippen molar-refractivity contribution in [2.75, 3.05) is 0 Å². The number of carbonyl (C=O) groups excluding carboxylic acids is 1. The van der Waals surface area contributed by atoms with Crippen LogP contribution in [0.15, 0.2) is 48.6 Å². The first-order chi connectivity index (χ1) is 23.6. The number of hydrogen-bond acceptors (Lipinski definition) is 3. The Labute approximate surface area is 298 Å². The van der Waals surface area contributed by atoms with Gasteiger partial charge in [0, 0.05) is 12.8 Å². The van der Waals surface area contributed by atoms with Crippen molar-refractivity contribution in [1.82, 2.24) is 0 Å². The highest BCUT2D eigenvalue weighted by Gasteiger charge is 2.13. The third kappa shape index (κ3) is 38.3. The van der Waals surface area contributed by atoms with Crippen molar-refractivity contribution in [1.29, 1.82) is 0 Å². The highest BCUT2D eigenvalue weighted by atomic mass is 16.5. The van der Waals surface area contributed by atoms with Gasteiger partial charge in [-0.25, -0.2) is 0 Å². The van der Waals surface area contributed by atoms with Crippen molar-refractivity contribution in [3.05, 3.63) is 48.6 Å². The summed E-state index contributed by atoms with van der Waals surface area (Å²) in [5, 5.41) is 8.66. The number of allylic oxidation sites excluding steroid dienone is 8. The van der Waals surface area contributed by atoms with Crippen LogP contribution in [0.3, 0.4) is 0 Å². The van der Waals surface area contributed by atoms with Gasteiger partial charge < -0.3 is 9.84 Å². The van der Waals surface area contributed by atoms with Crippen molar-refractivity contribution < 1.29 is 19.4 Å². The molecule has 1 atom stereocenters. The van der Waals surface area contributed by atoms with E-state index in [1.54, 1.807) is 0 Å². The van der Waals surface area contributed by atoms with E-state index < -0.39 is 5.97 Å². The molecule has 0 radical (unpaired) electrons. The molecule has 0 rings (SSSR count). The lowest BCUT2D eigenvalue weighted by atomic mass is 10.0. The first-order valence-corrected chi connectivity index (χ1v) is 20.6. The predicted octanol–water partition coefficient (Wildman–Crippen LogP) is 14.3. The summed E-state index contributed by atoms with van der Waals surface area (Å²) in [5.41, 5.74) is 0. The molecule has 0 aromatic rings. The molecule has 0 aliphatic carbocycles. The Morgan fingerprint density at radius 1 is 0.458 bits per heavy atom. The molecule has 0 spiro atoms. The minimum absolute atomic E-state index is 0.00177. The highest BCUT2D eigenvalue weighted by Crippen LogP contribution is 2.17. The Bertz CT molecular complexity index is 809. The van der Waals surface area contributed by atoms with Gasteiger partial charge in [0.05, 0.1) is 0 Å². The molecule has 0 aromatic heterocycles. The molecular weight excluding hydrogens is 592 g/mol. The maximum atomic E-state index is 12.4. The SMILES string of the molecule is CCCCC/C=C\C/C=C\C/C=C\C/C=C\CCCCCC(=O)OC(CCC)CCCCCCCCCCCCCCCCCC(=O)O. The number of aliphatic carboxylic acids is 1. The molecule has 278 valence electrons. The molecular formula is C44H78O4. The minimum atomic E-state index is -0.667. The van der Waals surface area contributed by atoms with Crippen LogP contribution in [-0.4, -0.2) is 23.1 Å². The molecule has 0 aromatic carbocycles. The summed E-state index contributed by atoms with van der Waals surface area (Å²) in [6.45, 7) is 4.43. The van der Waals surface area contributed by atoms with E-state index in [0.717, 1.165) is 77.0 Å². The number of carbonyl (C=O) groups is 2. The van der Waals surface area contributed by atoms with Gasteiger partial charge in [0.1, 0.15) is 6.10 Å². The molecule has 0 saturated heterocycles. The Morgan fingerprint density at radius 2 is 0.854 bits per heavy atom. The number of carboxylic acid groups (broad SMARTS) is 1. The predicted molar refractivity (Wildman–Crippen MR) is 209 cm³/mol. The van der Waals surface area contributed by atoms with Crippen LogP contribution in [0.4, 0.5) is 0 Å². The second-order valence-corrected chi connectivity index (χ2v) is 13.8. The van der Waals surface area contributed by atoms with Gasteiger partial charge in [0.15, 0.2) is 0 Å². The minimum Gasteiger partial charge on any atom is -0.481 e. The summed E-state index contributed by atoms with van der Waals surface area (Å²) in [6.07, 6.45) is 53.4. The maximum absolute atomic E-state index is 12.4. The highest BCUT2D eigenvalue weighted by molar-refractivity contribution is 5.69. The van der Waals surface area contributed by atoms with E-state index >= 15 is 0 Å². The summed E-state index contributed by atoms with van der Waals surface area (Å²) in [4.78, 5) is 22.9. The van der Waals surface area contributed by atoms with E-state index in [1.807, 2.05) is 0 Å². The summed E-state index contributed by atoms with van der Waals surface area (Å²) in [7, 11) is 0. The fourth-order valence-corrected chi connectivity index (χ4v) is 6.04. The quantitative estimate of drug-likeness (QED) is 0.0406. The van der Waals surface area contributed by atoms with Gasteiger partial charge >= 0.3 is 11.9 Å². The van der Waals surface area contributed by atoms with Crippen LogP contribution >= 0.6 is 0 Å². The van der Waals surface area contributed by atoms with Gasteiger partial charge in [-0.05, 0) is 77.0 Å². The zero-order valence-corrected chi connectivity index (χ0v) is 31.8. The fourth-order valence-electron chi connectivity index (χ4n) is 6.04. The standard InChI is InChI=1S/C44H78O4/c1-3-5-6-7-8-9-10-11-12-13-14-15-19-22-25-28-31-34-37-41-44(47)48-42(38-4-2)39-35-32-29-26-23-20-17-16-18-21-24-27-30-33-36-40-43(45)46/h8-9,11-12,14-15,22,25,42H,3-7,10,13,16-21,23-24,26-41H2,1-2H3,(H,45,46)/b9-8-,12-11-,15-14-,25-22-. The summed E-state index contributed by atoms with van der Waals surface area (Å²) < 4.78 is 5.87. The average molecular weight is 671 g/mol. The number of ether oxygens (including phenoxy) is 1. The van der Waals surface area contributed by atoms with E-state index in [1.165, 1.54) is 109 Å². The second-order valence-electron chi connectivity index (χ2n) is 13.8. The molecule has 1 N–H and O–H groups in total. The van der Waals surface area contributed by atoms with Crippen molar-refractivity contribution in [2.24, 2.45) is 0 Å². The van der Waals surface area contributed by atoms with Gasteiger partial charge in [-0.15, -0.1) is 0 Å². The van der Waals surface area contributed by atoms with Gasteiger partial charge in [-0.1, -0.05) is 172 Å². The van der Waals surface area contributed by atoms with Crippen LogP contribution < -0.4 is 0 Å². The Balaban J connectivity index is 3.62. The van der Waals surface area contributed by atoms with Crippen LogP contribution in [0.25, 0.3) is 0 Å². The van der Waals surface area contributed by atoms with E-state index in [0.29, 0.717) is 12.8 Å². The lowest BCUT2D eigenvalue weighted by Crippen LogP contribution is -2.18. The summed E-state index contributed by atoms with van der Waals surface area (Å²) in [6, 6.07) is 0. The van der Waals surface area contributed by atoms with Crippen LogP contribution in [0.2, 0.25) is 0 Å². The molecule has 0 bridgehead atoms. The lowest BCUT2D eigenvalue weighted by molar-refractivity contribution is -0.150. The van der Waals surface area contributed by atoms with Crippen LogP contribution in [-0.2, 0) is 14.3 Å². The van der Waals surface area contributed by atoms with E-state index in [-0.39, 0.29) is 12.1 Å². The molecule has 1 unspecified atom stereocenters. The molecule has 4 heteroatoms. The van der Waals surface area contributed by atoms with Gasteiger partial charge in [-0.2, -0.15) is 0 Å². The normalized spacial score (nSPS) is 12.7. The fraction of sp³-hybridized carbons (Fsp3) is 0.773. The third-order valence-electron chi connectivity index (χ3n) is 9.03. The number of unbranched alkanes of at least 4 members (excludes halogenated alkanes) is 20. The molecule has 4 nitrogen and oxygen atoms in total. The van der Waals surface area contributed by atoms with Crippen molar-refractivity contribution in [3.63, 3.8) is 0 Å². The molecule has 0 saturated carbocycles. The largest absolute Gasteiger partial charge is 0.481 e. The smallest absolute Gasteiger partial charge is 0.306 e. The van der Waals surface area contributed by atoms with Crippen molar-refractivity contribution in [2.45, 2.75) is 219 Å². The molecule has 0 amide bonds. The summed E-state index contributed by atoms with van der Waals surface area (Å²) in [5.74, 6) is -0.665. The van der Waals surface area contributed by atoms with E-state index in [4.69, 9.17) is 9.84 Å². The number of hydrogen-bond donors (Lipinski definition) is 1. The molecule has 0 aliphatic heterocycles. The monoisotopic (exact) mass is 671 g/mol. The summed E-state index contributed by atoms with van der Waals surface area (Å²) >= 11 is 0. The van der Waals surface area contributed by atoms with Gasteiger partial charge in [0.25, 0.3) is 0 Å². The first-order valence-electron chi connectivity index (χ1n) is 20.6. The average Bonchev–Trinajstić information content (AvgIpc) is 3.07. The first kappa shape index (κ1) is 45.9. The van der Waals surface area contributed by atoms with Gasteiger partial charge in [-0.3, -0.25) is 9.59 Å². The zero-order chi connectivity index (χ0) is 35.0. The number of rotatable bonds is 37. The van der Waals surface area contributed by atoms with Crippen LogP contribution in [0.5, 0.6) is 0 Å². The third-order valence-corrected chi connectivity index (χ3v) is 9.03. The van der Waals surface area contributed by atoms with Crippen molar-refractivity contribution >= 4 is 11.9 Å². The lowest BCUT2D eigenvalue weighted by Gasteiger charge is -2.17. The second kappa shape index (κ2) is 39.3. The van der Waals surface area contributed by atoms with E-state index in [9.17, 15) is 9.59 Å². The molecule has 48 heavy (non-hydrogen) atoms. The van der Waals surface area contributed by atoms with Crippen LogP contribution in [0, 0.1) is 0 Å². The number of carboxylic acids is 1. The molecule has 0 aliphatic rings. The number of esters is 1. The van der Waals surface area contributed by atoms with Crippen molar-refractivity contribution in [3.8, 4) is 0 Å². The zero-order valence-electron chi connectivity index (χ0n) is 31.8. The van der Waals surface area contributed by atoms with E-state index in [2.05, 4.69) is 62.5 Å².